The minimum absolute atomic E-state index is 0.367. The van der Waals surface area contributed by atoms with E-state index in [2.05, 4.69) is 4.98 Å². The van der Waals surface area contributed by atoms with Crippen LogP contribution < -0.4 is 5.73 Å². The van der Waals surface area contributed by atoms with Crippen molar-refractivity contribution in [3.05, 3.63) is 28.9 Å². The molecule has 0 radical (unpaired) electrons. The fourth-order valence-electron chi connectivity index (χ4n) is 0.850. The van der Waals surface area contributed by atoms with Crippen LogP contribution in [0.1, 0.15) is 12.0 Å². The number of carbonyl (C=O) groups excluding carboxylic acids is 1. The summed E-state index contributed by atoms with van der Waals surface area (Å²) in [6, 6.07) is 1.70. The van der Waals surface area contributed by atoms with Gasteiger partial charge in [0, 0.05) is 18.2 Å². The zero-order valence-electron chi connectivity index (χ0n) is 6.90. The minimum atomic E-state index is 0.367. The van der Waals surface area contributed by atoms with E-state index in [-0.39, 0.29) is 0 Å². The van der Waals surface area contributed by atoms with Gasteiger partial charge in [-0.3, -0.25) is 0 Å². The average Bonchev–Trinajstić information content (AvgIpc) is 2.11. The Morgan fingerprint density at radius 3 is 3.08 bits per heavy atom. The molecule has 2 N–H and O–H groups in total. The maximum Gasteiger partial charge on any atom is 0.130 e. The van der Waals surface area contributed by atoms with Crippen LogP contribution in [-0.2, 0) is 4.79 Å². The van der Waals surface area contributed by atoms with Crippen LogP contribution in [0.5, 0.6) is 0 Å². The van der Waals surface area contributed by atoms with Gasteiger partial charge in [0.05, 0.1) is 5.02 Å². The molecule has 1 rings (SSSR count). The van der Waals surface area contributed by atoms with Gasteiger partial charge in [-0.15, -0.1) is 0 Å². The van der Waals surface area contributed by atoms with Crippen molar-refractivity contribution < 1.29 is 4.79 Å². The Kier molecular flexibility index (Phi) is 3.46. The zero-order chi connectivity index (χ0) is 9.68. The molecule has 4 heteroatoms. The molecule has 0 aliphatic heterocycles. The monoisotopic (exact) mass is 196 g/mol. The Balaban J connectivity index is 2.86. The molecular weight excluding hydrogens is 188 g/mol. The molecule has 68 valence electrons. The van der Waals surface area contributed by atoms with Gasteiger partial charge in [-0.25, -0.2) is 4.98 Å². The van der Waals surface area contributed by atoms with Crippen LogP contribution in [0.4, 0.5) is 5.82 Å². The standard InChI is InChI=1S/C9H9ClN2O/c10-8-5-7(3-1-2-4-13)9(11)12-6-8/h1,3-6H,2H2,(H2,11,12). The molecule has 0 fully saturated rings. The van der Waals surface area contributed by atoms with Gasteiger partial charge >= 0.3 is 0 Å². The Morgan fingerprint density at radius 2 is 2.38 bits per heavy atom. The quantitative estimate of drug-likeness (QED) is 0.752. The number of carbonyl (C=O) groups is 1. The maximum atomic E-state index is 10.0. The fraction of sp³-hybridized carbons (Fsp3) is 0.111. The highest BCUT2D eigenvalue weighted by Gasteiger charge is 1.96. The third-order valence-corrected chi connectivity index (χ3v) is 1.65. The number of rotatable bonds is 3. The molecule has 0 amide bonds. The number of hydrogen-bond donors (Lipinski definition) is 1. The van der Waals surface area contributed by atoms with Gasteiger partial charge in [0.25, 0.3) is 0 Å². The van der Waals surface area contributed by atoms with Crippen LogP contribution in [0, 0.1) is 0 Å². The van der Waals surface area contributed by atoms with Crippen molar-refractivity contribution in [3.63, 3.8) is 0 Å². The zero-order valence-corrected chi connectivity index (χ0v) is 7.66. The molecule has 3 nitrogen and oxygen atoms in total. The van der Waals surface area contributed by atoms with Crippen LogP contribution in [-0.4, -0.2) is 11.3 Å². The highest BCUT2D eigenvalue weighted by Crippen LogP contribution is 2.16. The van der Waals surface area contributed by atoms with E-state index in [4.69, 9.17) is 17.3 Å². The van der Waals surface area contributed by atoms with Crippen molar-refractivity contribution in [2.75, 3.05) is 5.73 Å². The topological polar surface area (TPSA) is 56.0 Å². The number of pyridine rings is 1. The summed E-state index contributed by atoms with van der Waals surface area (Å²) in [6.45, 7) is 0. The van der Waals surface area contributed by atoms with Crippen molar-refractivity contribution in [3.8, 4) is 0 Å². The number of nitrogens with zero attached hydrogens (tertiary/aromatic N) is 1. The van der Waals surface area contributed by atoms with E-state index in [9.17, 15) is 4.79 Å². The van der Waals surface area contributed by atoms with Crippen LogP contribution in [0.25, 0.3) is 6.08 Å². The highest BCUT2D eigenvalue weighted by atomic mass is 35.5. The van der Waals surface area contributed by atoms with Crippen molar-refractivity contribution >= 4 is 29.8 Å². The SMILES string of the molecule is Nc1ncc(Cl)cc1C=CCC=O. The van der Waals surface area contributed by atoms with Gasteiger partial charge in [0.15, 0.2) is 0 Å². The Labute approximate surface area is 81.2 Å². The minimum Gasteiger partial charge on any atom is -0.383 e. The van der Waals surface area contributed by atoms with E-state index in [1.54, 1.807) is 18.2 Å². The van der Waals surface area contributed by atoms with E-state index < -0.39 is 0 Å². The maximum absolute atomic E-state index is 10.0. The highest BCUT2D eigenvalue weighted by molar-refractivity contribution is 6.30. The van der Waals surface area contributed by atoms with Gasteiger partial charge in [0.1, 0.15) is 12.1 Å². The number of aldehydes is 1. The lowest BCUT2D eigenvalue weighted by molar-refractivity contribution is -0.107. The summed E-state index contributed by atoms with van der Waals surface area (Å²) in [5.74, 6) is 0.409. The third kappa shape index (κ3) is 2.87. The van der Waals surface area contributed by atoms with Gasteiger partial charge in [-0.2, -0.15) is 0 Å². The number of halogens is 1. The predicted molar refractivity (Wildman–Crippen MR) is 53.4 cm³/mol. The molecule has 0 aromatic carbocycles. The van der Waals surface area contributed by atoms with E-state index in [1.807, 2.05) is 0 Å². The summed E-state index contributed by atoms with van der Waals surface area (Å²) in [5.41, 5.74) is 6.29. The first kappa shape index (κ1) is 9.74. The smallest absolute Gasteiger partial charge is 0.130 e. The molecule has 0 aliphatic carbocycles. The summed E-state index contributed by atoms with van der Waals surface area (Å²) >= 11 is 5.71. The summed E-state index contributed by atoms with van der Waals surface area (Å²) in [6.07, 6.45) is 6.09. The lowest BCUT2D eigenvalue weighted by atomic mass is 10.2. The molecular formula is C9H9ClN2O. The Bertz CT molecular complexity index is 336. The van der Waals surface area contributed by atoms with E-state index >= 15 is 0 Å². The van der Waals surface area contributed by atoms with Gasteiger partial charge in [0.2, 0.25) is 0 Å². The van der Waals surface area contributed by atoms with Crippen LogP contribution >= 0.6 is 11.6 Å². The first-order valence-electron chi connectivity index (χ1n) is 3.75. The van der Waals surface area contributed by atoms with Crippen LogP contribution in [0.2, 0.25) is 5.02 Å². The van der Waals surface area contributed by atoms with Gasteiger partial charge in [-0.05, 0) is 6.07 Å². The molecule has 0 saturated carbocycles. The summed E-state index contributed by atoms with van der Waals surface area (Å²) in [7, 11) is 0. The summed E-state index contributed by atoms with van der Waals surface area (Å²) < 4.78 is 0. The molecule has 1 heterocycles. The normalized spacial score (nSPS) is 10.5. The average molecular weight is 197 g/mol. The third-order valence-electron chi connectivity index (χ3n) is 1.45. The second-order valence-electron chi connectivity index (χ2n) is 2.43. The van der Waals surface area contributed by atoms with Gasteiger partial charge in [-0.1, -0.05) is 23.8 Å². The second-order valence-corrected chi connectivity index (χ2v) is 2.87. The first-order valence-corrected chi connectivity index (χ1v) is 4.13. The molecule has 0 saturated heterocycles. The lowest BCUT2D eigenvalue weighted by Gasteiger charge is -1.98. The van der Waals surface area contributed by atoms with Gasteiger partial charge < -0.3 is 10.5 Å². The molecule has 1 aromatic heterocycles. The molecule has 1 aromatic rings. The first-order chi connectivity index (χ1) is 6.24. The van der Waals surface area contributed by atoms with Crippen molar-refractivity contribution in [1.29, 1.82) is 0 Å². The van der Waals surface area contributed by atoms with Crippen LogP contribution in [0.3, 0.4) is 0 Å². The largest absolute Gasteiger partial charge is 0.383 e. The molecule has 0 atom stereocenters. The molecule has 0 spiro atoms. The number of nitrogens with two attached hydrogens (primary N) is 1. The number of anilines is 1. The molecule has 13 heavy (non-hydrogen) atoms. The van der Waals surface area contributed by atoms with Crippen LogP contribution in [0.15, 0.2) is 18.3 Å². The lowest BCUT2D eigenvalue weighted by Crippen LogP contribution is -1.92. The Morgan fingerprint density at radius 1 is 1.62 bits per heavy atom. The van der Waals surface area contributed by atoms with Crippen molar-refractivity contribution in [1.82, 2.24) is 4.98 Å². The fourth-order valence-corrected chi connectivity index (χ4v) is 1.02. The van der Waals surface area contributed by atoms with E-state index in [1.165, 1.54) is 6.20 Å². The number of hydrogen-bond acceptors (Lipinski definition) is 3. The molecule has 0 bridgehead atoms. The predicted octanol–water partition coefficient (Wildman–Crippen LogP) is 1.92. The second kappa shape index (κ2) is 4.62. The number of allylic oxidation sites excluding steroid dienone is 1. The Hall–Kier alpha value is -1.35. The summed E-state index contributed by atoms with van der Waals surface area (Å²) in [4.78, 5) is 13.9. The summed E-state index contributed by atoms with van der Waals surface area (Å²) in [5, 5.41) is 0.528. The number of aromatic nitrogens is 1. The van der Waals surface area contributed by atoms with Crippen molar-refractivity contribution in [2.24, 2.45) is 0 Å². The van der Waals surface area contributed by atoms with E-state index in [0.29, 0.717) is 17.3 Å². The van der Waals surface area contributed by atoms with Crippen molar-refractivity contribution in [2.45, 2.75) is 6.42 Å². The number of nitrogen functional groups attached to an aromatic ring is 1. The molecule has 0 unspecified atom stereocenters. The van der Waals surface area contributed by atoms with E-state index in [0.717, 1.165) is 11.8 Å². The molecule has 0 aliphatic rings.